The van der Waals surface area contributed by atoms with Crippen molar-refractivity contribution in [3.05, 3.63) is 57.5 Å². The van der Waals surface area contributed by atoms with Crippen molar-refractivity contribution in [2.24, 2.45) is 0 Å². The standard InChI is InChI=1S/C14H14ClN3O4/c1-9(13-3-2-6-22-13)16-8-14(19)17-11-7-10(15)4-5-12(11)18(20)21/h2-7,9,16H,8H2,1H3,(H,17,19)/p+1/t9-/m1/s1. The molecule has 3 N–H and O–H groups in total. The van der Waals surface area contributed by atoms with Crippen molar-refractivity contribution in [1.82, 2.24) is 0 Å². The summed E-state index contributed by atoms with van der Waals surface area (Å²) < 4.78 is 5.24. The van der Waals surface area contributed by atoms with Crippen LogP contribution in [-0.4, -0.2) is 17.4 Å². The van der Waals surface area contributed by atoms with Gasteiger partial charge in [-0.1, -0.05) is 11.6 Å². The second kappa shape index (κ2) is 7.06. The van der Waals surface area contributed by atoms with E-state index >= 15 is 0 Å². The third kappa shape index (κ3) is 4.06. The molecule has 7 nitrogen and oxygen atoms in total. The molecule has 0 radical (unpaired) electrons. The maximum atomic E-state index is 11.9. The maximum Gasteiger partial charge on any atom is 0.292 e. The van der Waals surface area contributed by atoms with E-state index in [1.807, 2.05) is 13.0 Å². The Kier molecular flexibility index (Phi) is 5.13. The van der Waals surface area contributed by atoms with E-state index in [0.29, 0.717) is 5.02 Å². The summed E-state index contributed by atoms with van der Waals surface area (Å²) in [5.74, 6) is 0.394. The molecule has 22 heavy (non-hydrogen) atoms. The summed E-state index contributed by atoms with van der Waals surface area (Å²) in [6, 6.07) is 7.58. The highest BCUT2D eigenvalue weighted by atomic mass is 35.5. The molecule has 116 valence electrons. The second-order valence-corrected chi connectivity index (χ2v) is 5.15. The third-order valence-electron chi connectivity index (χ3n) is 3.08. The minimum atomic E-state index is -0.568. The smallest absolute Gasteiger partial charge is 0.292 e. The Morgan fingerprint density at radius 1 is 1.50 bits per heavy atom. The third-order valence-corrected chi connectivity index (χ3v) is 3.31. The first-order chi connectivity index (χ1) is 10.5. The van der Waals surface area contributed by atoms with Gasteiger partial charge in [0.2, 0.25) is 0 Å². The number of rotatable bonds is 6. The van der Waals surface area contributed by atoms with Gasteiger partial charge in [-0.3, -0.25) is 14.9 Å². The van der Waals surface area contributed by atoms with Gasteiger partial charge in [0.1, 0.15) is 11.7 Å². The molecule has 0 bridgehead atoms. The molecular formula is C14H15ClN3O4+. The molecule has 0 aliphatic rings. The molecule has 2 aromatic rings. The molecule has 1 heterocycles. The highest BCUT2D eigenvalue weighted by Crippen LogP contribution is 2.27. The molecule has 0 spiro atoms. The molecule has 0 unspecified atom stereocenters. The minimum Gasteiger partial charge on any atom is -0.463 e. The number of quaternary nitrogens is 1. The Morgan fingerprint density at radius 3 is 2.91 bits per heavy atom. The largest absolute Gasteiger partial charge is 0.463 e. The number of nitro benzene ring substituents is 1. The topological polar surface area (TPSA) is 102 Å². The van der Waals surface area contributed by atoms with Crippen molar-refractivity contribution >= 4 is 28.9 Å². The van der Waals surface area contributed by atoms with Gasteiger partial charge in [0.15, 0.2) is 12.3 Å². The van der Waals surface area contributed by atoms with Gasteiger partial charge in [-0.25, -0.2) is 0 Å². The van der Waals surface area contributed by atoms with E-state index in [9.17, 15) is 14.9 Å². The summed E-state index contributed by atoms with van der Waals surface area (Å²) in [5.41, 5.74) is -0.113. The molecule has 0 fully saturated rings. The monoisotopic (exact) mass is 324 g/mol. The normalized spacial score (nSPS) is 11.9. The van der Waals surface area contributed by atoms with Crippen LogP contribution >= 0.6 is 11.6 Å². The molecule has 1 aromatic heterocycles. The molecule has 0 saturated heterocycles. The van der Waals surface area contributed by atoms with Gasteiger partial charge < -0.3 is 15.1 Å². The molecule has 1 atom stereocenters. The van der Waals surface area contributed by atoms with Crippen LogP contribution in [0.15, 0.2) is 41.0 Å². The maximum absolute atomic E-state index is 11.9. The zero-order chi connectivity index (χ0) is 16.1. The number of hydrogen-bond donors (Lipinski definition) is 2. The van der Waals surface area contributed by atoms with Crippen LogP contribution in [0.4, 0.5) is 11.4 Å². The Hall–Kier alpha value is -2.38. The fourth-order valence-corrected chi connectivity index (χ4v) is 2.09. The number of nitrogens with one attached hydrogen (secondary N) is 1. The number of furan rings is 1. The minimum absolute atomic E-state index is 0.0323. The summed E-state index contributed by atoms with van der Waals surface area (Å²) in [5, 5.41) is 15.5. The Labute approximate surface area is 131 Å². The lowest BCUT2D eigenvalue weighted by molar-refractivity contribution is -0.684. The van der Waals surface area contributed by atoms with E-state index in [1.165, 1.54) is 18.2 Å². The molecule has 0 saturated carbocycles. The van der Waals surface area contributed by atoms with Gasteiger partial charge in [0, 0.05) is 11.1 Å². The van der Waals surface area contributed by atoms with Crippen LogP contribution in [0.25, 0.3) is 0 Å². The average Bonchev–Trinajstić information content (AvgIpc) is 2.98. The second-order valence-electron chi connectivity index (χ2n) is 4.71. The first-order valence-electron chi connectivity index (χ1n) is 6.58. The number of amides is 1. The highest BCUT2D eigenvalue weighted by molar-refractivity contribution is 6.31. The zero-order valence-electron chi connectivity index (χ0n) is 11.8. The van der Waals surface area contributed by atoms with Crippen LogP contribution in [0.3, 0.4) is 0 Å². The predicted molar refractivity (Wildman–Crippen MR) is 80.7 cm³/mol. The number of carbonyl (C=O) groups is 1. The van der Waals surface area contributed by atoms with Crippen LogP contribution in [0.1, 0.15) is 18.7 Å². The Balaban J connectivity index is 1.97. The Bertz CT molecular complexity index is 673. The molecule has 1 amide bonds. The number of carbonyl (C=O) groups excluding carboxylic acids is 1. The Morgan fingerprint density at radius 2 is 2.27 bits per heavy atom. The summed E-state index contributed by atoms with van der Waals surface area (Å²) >= 11 is 5.81. The van der Waals surface area contributed by atoms with Gasteiger partial charge in [-0.05, 0) is 31.2 Å². The summed E-state index contributed by atoms with van der Waals surface area (Å²) in [6.45, 7) is 2.00. The average molecular weight is 325 g/mol. The summed E-state index contributed by atoms with van der Waals surface area (Å²) in [6.07, 6.45) is 1.56. The molecule has 0 aliphatic carbocycles. The predicted octanol–water partition coefficient (Wildman–Crippen LogP) is 2.10. The van der Waals surface area contributed by atoms with Gasteiger partial charge in [0.05, 0.1) is 11.2 Å². The van der Waals surface area contributed by atoms with Gasteiger partial charge in [-0.2, -0.15) is 0 Å². The van der Waals surface area contributed by atoms with Crippen molar-refractivity contribution in [3.63, 3.8) is 0 Å². The molecule has 0 aliphatic heterocycles. The molecule has 1 aromatic carbocycles. The van der Waals surface area contributed by atoms with Crippen LogP contribution in [0, 0.1) is 10.1 Å². The summed E-state index contributed by atoms with van der Waals surface area (Å²) in [4.78, 5) is 22.3. The molecule has 8 heteroatoms. The van der Waals surface area contributed by atoms with E-state index in [4.69, 9.17) is 16.0 Å². The van der Waals surface area contributed by atoms with Crippen molar-refractivity contribution in [2.45, 2.75) is 13.0 Å². The van der Waals surface area contributed by atoms with Crippen molar-refractivity contribution in [1.29, 1.82) is 0 Å². The van der Waals surface area contributed by atoms with Gasteiger partial charge in [-0.15, -0.1) is 0 Å². The van der Waals surface area contributed by atoms with Gasteiger partial charge >= 0.3 is 0 Å². The number of nitrogens with zero attached hydrogens (tertiary/aromatic N) is 1. The van der Waals surface area contributed by atoms with Crippen molar-refractivity contribution in [2.75, 3.05) is 11.9 Å². The van der Waals surface area contributed by atoms with E-state index in [1.54, 1.807) is 17.6 Å². The van der Waals surface area contributed by atoms with Crippen molar-refractivity contribution in [3.8, 4) is 0 Å². The fourth-order valence-electron chi connectivity index (χ4n) is 1.92. The van der Waals surface area contributed by atoms with E-state index in [0.717, 1.165) is 5.76 Å². The zero-order valence-corrected chi connectivity index (χ0v) is 12.5. The van der Waals surface area contributed by atoms with Crippen molar-refractivity contribution < 1.29 is 19.5 Å². The van der Waals surface area contributed by atoms with E-state index in [-0.39, 0.29) is 29.9 Å². The van der Waals surface area contributed by atoms with E-state index in [2.05, 4.69) is 5.32 Å². The lowest BCUT2D eigenvalue weighted by Crippen LogP contribution is -2.86. The number of benzene rings is 1. The molecule has 2 rings (SSSR count). The van der Waals surface area contributed by atoms with Gasteiger partial charge in [0.25, 0.3) is 11.6 Å². The van der Waals surface area contributed by atoms with Crippen LogP contribution in [0.5, 0.6) is 0 Å². The summed E-state index contributed by atoms with van der Waals surface area (Å²) in [7, 11) is 0. The number of hydrogen-bond acceptors (Lipinski definition) is 4. The van der Waals surface area contributed by atoms with Crippen LogP contribution in [0.2, 0.25) is 5.02 Å². The van der Waals surface area contributed by atoms with E-state index < -0.39 is 4.92 Å². The first-order valence-corrected chi connectivity index (χ1v) is 6.95. The fraction of sp³-hybridized carbons (Fsp3) is 0.214. The SMILES string of the molecule is C[C@@H]([NH2+]CC(=O)Nc1cc(Cl)ccc1[N+](=O)[O-])c1ccco1. The number of nitrogens with two attached hydrogens (primary N) is 1. The lowest BCUT2D eigenvalue weighted by Gasteiger charge is -2.09. The lowest BCUT2D eigenvalue weighted by atomic mass is 10.2. The quantitative estimate of drug-likeness (QED) is 0.627. The number of anilines is 1. The first kappa shape index (κ1) is 16.0. The number of halogens is 1. The van der Waals surface area contributed by atoms with Crippen LogP contribution < -0.4 is 10.6 Å². The van der Waals surface area contributed by atoms with Crippen LogP contribution in [-0.2, 0) is 4.79 Å². The highest BCUT2D eigenvalue weighted by Gasteiger charge is 2.18. The molecular weight excluding hydrogens is 310 g/mol. The number of nitro groups is 1.